The van der Waals surface area contributed by atoms with Crippen LogP contribution in [0, 0.1) is 0 Å². The van der Waals surface area contributed by atoms with E-state index in [0.29, 0.717) is 24.1 Å². The smallest absolute Gasteiger partial charge is 0.309 e. The Morgan fingerprint density at radius 2 is 1.06 bits per heavy atom. The van der Waals surface area contributed by atoms with E-state index in [1.54, 1.807) is 0 Å². The van der Waals surface area contributed by atoms with Gasteiger partial charge in [-0.15, -0.1) is 0 Å². The number of unbranched alkanes of at least 4 members (excludes halogenated alkanes) is 15. The first-order valence-corrected chi connectivity index (χ1v) is 14.4. The van der Waals surface area contributed by atoms with Crippen molar-refractivity contribution < 1.29 is 23.5 Å². The molecule has 0 amide bonds. The van der Waals surface area contributed by atoms with E-state index in [-0.39, 0.29) is 18.4 Å². The van der Waals surface area contributed by atoms with Crippen molar-refractivity contribution in [3.8, 4) is 0 Å². The van der Waals surface area contributed by atoms with E-state index in [0.717, 1.165) is 25.7 Å². The SMILES string of the molecule is CCCCCCCCCCCOC(=O)C[C@@H](C[N+](C)(C)C)OC(=O)CCCCCCCCCC. The van der Waals surface area contributed by atoms with Crippen LogP contribution in [0.1, 0.15) is 136 Å². The number of quaternary nitrogens is 1. The Morgan fingerprint density at radius 3 is 1.53 bits per heavy atom. The number of esters is 2. The summed E-state index contributed by atoms with van der Waals surface area (Å²) in [4.78, 5) is 24.7. The molecule has 202 valence electrons. The summed E-state index contributed by atoms with van der Waals surface area (Å²) in [6.07, 6.45) is 20.9. The minimum Gasteiger partial charge on any atom is -0.466 e. The van der Waals surface area contributed by atoms with Gasteiger partial charge < -0.3 is 14.0 Å². The molecule has 34 heavy (non-hydrogen) atoms. The maximum absolute atomic E-state index is 12.4. The number of rotatable bonds is 24. The van der Waals surface area contributed by atoms with Crippen LogP contribution in [0.5, 0.6) is 0 Å². The minimum atomic E-state index is -0.419. The molecule has 0 aromatic heterocycles. The topological polar surface area (TPSA) is 52.6 Å². The van der Waals surface area contributed by atoms with Crippen LogP contribution in [0.25, 0.3) is 0 Å². The molecule has 5 heteroatoms. The van der Waals surface area contributed by atoms with Gasteiger partial charge in [0.2, 0.25) is 0 Å². The first-order valence-electron chi connectivity index (χ1n) is 14.4. The Morgan fingerprint density at radius 1 is 0.618 bits per heavy atom. The van der Waals surface area contributed by atoms with Crippen LogP contribution < -0.4 is 0 Å². The lowest BCUT2D eigenvalue weighted by atomic mass is 10.1. The van der Waals surface area contributed by atoms with Gasteiger partial charge in [-0.1, -0.05) is 110 Å². The lowest BCUT2D eigenvalue weighted by molar-refractivity contribution is -0.873. The Kier molecular flexibility index (Phi) is 21.6. The molecule has 0 spiro atoms. The fourth-order valence-corrected chi connectivity index (χ4v) is 4.25. The normalized spacial score (nSPS) is 12.5. The summed E-state index contributed by atoms with van der Waals surface area (Å²) >= 11 is 0. The van der Waals surface area contributed by atoms with Gasteiger partial charge in [0.15, 0.2) is 6.10 Å². The molecule has 0 fully saturated rings. The van der Waals surface area contributed by atoms with Crippen LogP contribution in [-0.4, -0.2) is 56.8 Å². The number of nitrogens with zero attached hydrogens (tertiary/aromatic N) is 1. The molecular formula is C29H58NO4+. The molecule has 0 aromatic carbocycles. The summed E-state index contributed by atoms with van der Waals surface area (Å²) in [6, 6.07) is 0. The summed E-state index contributed by atoms with van der Waals surface area (Å²) in [6.45, 7) is 5.55. The van der Waals surface area contributed by atoms with Gasteiger partial charge in [0.05, 0.1) is 34.2 Å². The van der Waals surface area contributed by atoms with Gasteiger partial charge in [0, 0.05) is 6.42 Å². The maximum Gasteiger partial charge on any atom is 0.309 e. The fraction of sp³-hybridized carbons (Fsp3) is 0.931. The highest BCUT2D eigenvalue weighted by Gasteiger charge is 2.25. The Balaban J connectivity index is 4.04. The van der Waals surface area contributed by atoms with Gasteiger partial charge >= 0.3 is 11.9 Å². The molecule has 0 aliphatic heterocycles. The first kappa shape index (κ1) is 32.9. The van der Waals surface area contributed by atoms with Crippen LogP contribution in [0.15, 0.2) is 0 Å². The second-order valence-corrected chi connectivity index (χ2v) is 11.1. The van der Waals surface area contributed by atoms with Crippen LogP contribution in [-0.2, 0) is 19.1 Å². The van der Waals surface area contributed by atoms with E-state index < -0.39 is 6.10 Å². The van der Waals surface area contributed by atoms with Gasteiger partial charge in [-0.3, -0.25) is 9.59 Å². The molecule has 0 saturated carbocycles. The number of hydrogen-bond donors (Lipinski definition) is 0. The van der Waals surface area contributed by atoms with Crippen molar-refractivity contribution in [2.75, 3.05) is 34.3 Å². The monoisotopic (exact) mass is 484 g/mol. The quantitative estimate of drug-likeness (QED) is 0.0804. The fourth-order valence-electron chi connectivity index (χ4n) is 4.25. The van der Waals surface area contributed by atoms with E-state index >= 15 is 0 Å². The van der Waals surface area contributed by atoms with E-state index in [2.05, 4.69) is 13.8 Å². The van der Waals surface area contributed by atoms with Gasteiger partial charge in [-0.05, 0) is 12.8 Å². The lowest BCUT2D eigenvalue weighted by Gasteiger charge is -2.28. The summed E-state index contributed by atoms with van der Waals surface area (Å²) in [7, 11) is 6.15. The number of carbonyl (C=O) groups excluding carboxylic acids is 2. The number of ether oxygens (including phenoxy) is 2. The summed E-state index contributed by atoms with van der Waals surface area (Å²) in [5.41, 5.74) is 0. The van der Waals surface area contributed by atoms with Crippen molar-refractivity contribution in [3.05, 3.63) is 0 Å². The Labute approximate surface area is 211 Å². The summed E-state index contributed by atoms with van der Waals surface area (Å²) < 4.78 is 11.8. The molecule has 0 rings (SSSR count). The molecule has 0 bridgehead atoms. The highest BCUT2D eigenvalue weighted by Crippen LogP contribution is 2.13. The zero-order valence-corrected chi connectivity index (χ0v) is 23.5. The van der Waals surface area contributed by atoms with E-state index in [1.807, 2.05) is 21.1 Å². The van der Waals surface area contributed by atoms with E-state index in [9.17, 15) is 9.59 Å². The molecule has 0 N–H and O–H groups in total. The Bertz CT molecular complexity index is 487. The second kappa shape index (κ2) is 22.4. The first-order chi connectivity index (χ1) is 16.3. The van der Waals surface area contributed by atoms with Gasteiger partial charge in [-0.25, -0.2) is 0 Å². The molecule has 0 unspecified atom stereocenters. The second-order valence-electron chi connectivity index (χ2n) is 11.1. The predicted molar refractivity (Wildman–Crippen MR) is 143 cm³/mol. The lowest BCUT2D eigenvalue weighted by Crippen LogP contribution is -2.44. The van der Waals surface area contributed by atoms with Crippen LogP contribution >= 0.6 is 0 Å². The summed E-state index contributed by atoms with van der Waals surface area (Å²) in [5, 5.41) is 0. The average Bonchev–Trinajstić information content (AvgIpc) is 2.75. The standard InChI is InChI=1S/C29H58NO4/c1-6-8-10-12-14-16-18-20-22-24-33-29(32)25-27(26-30(3,4)5)34-28(31)23-21-19-17-15-13-11-9-7-2/h27H,6-26H2,1-5H3/q+1/t27-/m0/s1. The highest BCUT2D eigenvalue weighted by molar-refractivity contribution is 5.72. The third-order valence-electron chi connectivity index (χ3n) is 6.19. The molecule has 0 saturated heterocycles. The minimum absolute atomic E-state index is 0.149. The Hall–Kier alpha value is -1.10. The average molecular weight is 485 g/mol. The predicted octanol–water partition coefficient (Wildman–Crippen LogP) is 7.60. The van der Waals surface area contributed by atoms with Crippen molar-refractivity contribution in [3.63, 3.8) is 0 Å². The van der Waals surface area contributed by atoms with Crippen LogP contribution in [0.2, 0.25) is 0 Å². The molecular weight excluding hydrogens is 426 g/mol. The third-order valence-corrected chi connectivity index (χ3v) is 6.19. The van der Waals surface area contributed by atoms with Gasteiger partial charge in [0.1, 0.15) is 6.54 Å². The van der Waals surface area contributed by atoms with Gasteiger partial charge in [0.25, 0.3) is 0 Å². The highest BCUT2D eigenvalue weighted by atomic mass is 16.6. The van der Waals surface area contributed by atoms with Crippen molar-refractivity contribution in [2.24, 2.45) is 0 Å². The largest absolute Gasteiger partial charge is 0.466 e. The third kappa shape index (κ3) is 24.0. The summed E-state index contributed by atoms with van der Waals surface area (Å²) in [5.74, 6) is -0.436. The molecule has 0 aliphatic rings. The molecule has 0 heterocycles. The van der Waals surface area contributed by atoms with Gasteiger partial charge in [-0.2, -0.15) is 0 Å². The zero-order valence-electron chi connectivity index (χ0n) is 23.5. The van der Waals surface area contributed by atoms with Crippen molar-refractivity contribution in [1.29, 1.82) is 0 Å². The van der Waals surface area contributed by atoms with Crippen LogP contribution in [0.4, 0.5) is 0 Å². The van der Waals surface area contributed by atoms with E-state index in [1.165, 1.54) is 83.5 Å². The molecule has 0 radical (unpaired) electrons. The molecule has 1 atom stereocenters. The van der Waals surface area contributed by atoms with Crippen molar-refractivity contribution in [1.82, 2.24) is 0 Å². The van der Waals surface area contributed by atoms with E-state index in [4.69, 9.17) is 9.47 Å². The maximum atomic E-state index is 12.4. The number of hydrogen-bond acceptors (Lipinski definition) is 4. The number of carbonyl (C=O) groups is 2. The zero-order chi connectivity index (χ0) is 25.5. The molecule has 5 nitrogen and oxygen atoms in total. The molecule has 0 aromatic rings. The van der Waals surface area contributed by atoms with Crippen molar-refractivity contribution >= 4 is 11.9 Å². The van der Waals surface area contributed by atoms with Crippen molar-refractivity contribution in [2.45, 2.75) is 142 Å². The van der Waals surface area contributed by atoms with Crippen LogP contribution in [0.3, 0.4) is 0 Å². The number of likely N-dealkylation sites (N-methyl/N-ethyl adjacent to an activating group) is 1. The molecule has 0 aliphatic carbocycles.